The molecule has 1 aromatic carbocycles. The summed E-state index contributed by atoms with van der Waals surface area (Å²) >= 11 is 0. The molecule has 0 bridgehead atoms. The molecular formula is C17H21ClN4O. The molecular weight excluding hydrogens is 312 g/mol. The van der Waals surface area contributed by atoms with E-state index in [-0.39, 0.29) is 24.9 Å². The summed E-state index contributed by atoms with van der Waals surface area (Å²) in [5.74, 6) is 1.63. The molecule has 1 aliphatic rings. The molecule has 2 heterocycles. The Kier molecular flexibility index (Phi) is 5.23. The summed E-state index contributed by atoms with van der Waals surface area (Å²) in [5, 5.41) is 7.97. The van der Waals surface area contributed by atoms with Gasteiger partial charge in [0.25, 0.3) is 0 Å². The number of rotatable bonds is 3. The van der Waals surface area contributed by atoms with Crippen LogP contribution in [0.3, 0.4) is 0 Å². The Hall–Kier alpha value is -2.11. The maximum Gasteiger partial charge on any atom is 0.243 e. The summed E-state index contributed by atoms with van der Waals surface area (Å²) in [4.78, 5) is 15.9. The number of pyridine rings is 1. The maximum atomic E-state index is 11.3. The van der Waals surface area contributed by atoms with Crippen molar-refractivity contribution in [2.75, 3.05) is 17.2 Å². The number of nitrogens with zero attached hydrogens (tertiary/aromatic N) is 1. The first-order chi connectivity index (χ1) is 10.5. The molecule has 6 heteroatoms. The van der Waals surface area contributed by atoms with E-state index in [4.69, 9.17) is 0 Å². The maximum absolute atomic E-state index is 11.3. The summed E-state index contributed by atoms with van der Waals surface area (Å²) in [5.41, 5.74) is 6.03. The van der Waals surface area contributed by atoms with Crippen LogP contribution in [-0.4, -0.2) is 17.4 Å². The van der Waals surface area contributed by atoms with Gasteiger partial charge in [-0.1, -0.05) is 17.7 Å². The third-order valence-electron chi connectivity index (χ3n) is 3.96. The second-order valence-electron chi connectivity index (χ2n) is 5.82. The van der Waals surface area contributed by atoms with Crippen molar-refractivity contribution in [3.05, 3.63) is 46.5 Å². The van der Waals surface area contributed by atoms with E-state index < -0.39 is 0 Å². The Balaban J connectivity index is 0.00000192. The molecule has 4 N–H and O–H groups in total. The Morgan fingerprint density at radius 2 is 1.87 bits per heavy atom. The zero-order valence-electron chi connectivity index (χ0n) is 13.5. The van der Waals surface area contributed by atoms with Gasteiger partial charge in [-0.2, -0.15) is 4.98 Å². The van der Waals surface area contributed by atoms with Crippen molar-refractivity contribution >= 4 is 23.2 Å². The fraction of sp³-hybridized carbons (Fsp3) is 0.294. The predicted molar refractivity (Wildman–Crippen MR) is 87.3 cm³/mol. The number of amides is 1. The highest BCUT2D eigenvalue weighted by Gasteiger charge is 2.16. The minimum absolute atomic E-state index is 0. The Labute approximate surface area is 142 Å². The number of nitrogens with one attached hydrogen (secondary N) is 2. The second kappa shape index (κ2) is 6.98. The van der Waals surface area contributed by atoms with E-state index in [1.54, 1.807) is 0 Å². The number of hydrogen-bond acceptors (Lipinski definition) is 3. The van der Waals surface area contributed by atoms with Gasteiger partial charge < -0.3 is 23.0 Å². The van der Waals surface area contributed by atoms with Crippen LogP contribution in [0.25, 0.3) is 0 Å². The van der Waals surface area contributed by atoms with E-state index in [9.17, 15) is 4.79 Å². The first-order valence-electron chi connectivity index (χ1n) is 7.47. The number of aromatic nitrogens is 1. The molecule has 0 saturated carbocycles. The number of carbonyl (C=O) groups is 1. The number of aryl methyl sites for hydroxylation is 3. The first-order valence-corrected chi connectivity index (χ1v) is 7.47. The fourth-order valence-electron chi connectivity index (χ4n) is 2.92. The third kappa shape index (κ3) is 3.81. The van der Waals surface area contributed by atoms with E-state index in [1.165, 1.54) is 22.3 Å². The van der Waals surface area contributed by atoms with E-state index >= 15 is 0 Å². The molecule has 2 aromatic rings. The van der Waals surface area contributed by atoms with Crippen molar-refractivity contribution in [3.8, 4) is 0 Å². The van der Waals surface area contributed by atoms with Crippen LogP contribution in [0.2, 0.25) is 0 Å². The van der Waals surface area contributed by atoms with Gasteiger partial charge in [-0.15, -0.1) is 0 Å². The number of halogens is 1. The summed E-state index contributed by atoms with van der Waals surface area (Å²) < 4.78 is 0. The van der Waals surface area contributed by atoms with Gasteiger partial charge in [-0.3, -0.25) is 10.1 Å². The molecule has 0 atom stereocenters. The summed E-state index contributed by atoms with van der Waals surface area (Å²) in [6, 6.07) is 8.26. The molecule has 0 fully saturated rings. The molecule has 122 valence electrons. The largest absolute Gasteiger partial charge is 1.00 e. The molecule has 0 aliphatic carbocycles. The Bertz CT molecular complexity index is 722. The molecule has 1 amide bonds. The van der Waals surface area contributed by atoms with Gasteiger partial charge in [0.2, 0.25) is 11.7 Å². The van der Waals surface area contributed by atoms with Crippen molar-refractivity contribution in [2.45, 2.75) is 27.3 Å². The zero-order chi connectivity index (χ0) is 15.7. The minimum Gasteiger partial charge on any atom is -1.00 e. The van der Waals surface area contributed by atoms with Crippen LogP contribution in [0.1, 0.15) is 22.3 Å². The minimum atomic E-state index is -0.0306. The number of quaternary nitrogens is 1. The lowest BCUT2D eigenvalue weighted by Crippen LogP contribution is -3.00. The van der Waals surface area contributed by atoms with Gasteiger partial charge in [0.15, 0.2) is 5.82 Å². The van der Waals surface area contributed by atoms with Crippen LogP contribution in [-0.2, 0) is 11.3 Å². The molecule has 1 aliphatic heterocycles. The zero-order valence-corrected chi connectivity index (χ0v) is 14.3. The first kappa shape index (κ1) is 17.2. The van der Waals surface area contributed by atoms with Crippen molar-refractivity contribution in [2.24, 2.45) is 0 Å². The average molecular weight is 333 g/mol. The second-order valence-corrected chi connectivity index (χ2v) is 5.82. The highest BCUT2D eigenvalue weighted by atomic mass is 35.5. The van der Waals surface area contributed by atoms with Crippen molar-refractivity contribution in [1.29, 1.82) is 0 Å². The van der Waals surface area contributed by atoms with Crippen LogP contribution in [0, 0.1) is 20.8 Å². The van der Waals surface area contributed by atoms with Crippen LogP contribution < -0.4 is 28.4 Å². The summed E-state index contributed by atoms with van der Waals surface area (Å²) in [7, 11) is 0. The van der Waals surface area contributed by atoms with E-state index in [0.29, 0.717) is 0 Å². The summed E-state index contributed by atoms with van der Waals surface area (Å²) in [6.45, 7) is 7.56. The van der Waals surface area contributed by atoms with Crippen LogP contribution in [0.5, 0.6) is 0 Å². The molecule has 0 saturated heterocycles. The predicted octanol–water partition coefficient (Wildman–Crippen LogP) is -1.23. The van der Waals surface area contributed by atoms with Crippen molar-refractivity contribution in [1.82, 2.24) is 4.98 Å². The quantitative estimate of drug-likeness (QED) is 0.659. The highest BCUT2D eigenvalue weighted by Crippen LogP contribution is 2.22. The van der Waals surface area contributed by atoms with E-state index in [2.05, 4.69) is 53.8 Å². The normalized spacial score (nSPS) is 12.7. The number of benzene rings is 1. The number of hydrogen-bond donors (Lipinski definition) is 3. The molecule has 0 unspecified atom stereocenters. The molecule has 1 aromatic heterocycles. The average Bonchev–Trinajstić information content (AvgIpc) is 2.46. The molecule has 0 radical (unpaired) electrons. The number of anilines is 2. The molecule has 3 rings (SSSR count). The lowest BCUT2D eigenvalue weighted by molar-refractivity contribution is -0.592. The van der Waals surface area contributed by atoms with Gasteiger partial charge >= 0.3 is 0 Å². The van der Waals surface area contributed by atoms with Crippen LogP contribution in [0.4, 0.5) is 17.3 Å². The highest BCUT2D eigenvalue weighted by molar-refractivity contribution is 5.99. The van der Waals surface area contributed by atoms with E-state index in [0.717, 1.165) is 23.9 Å². The summed E-state index contributed by atoms with van der Waals surface area (Å²) in [6.07, 6.45) is 0. The van der Waals surface area contributed by atoms with Crippen molar-refractivity contribution in [3.63, 3.8) is 0 Å². The number of nitrogens with two attached hydrogens (primary N) is 1. The smallest absolute Gasteiger partial charge is 0.243 e. The van der Waals surface area contributed by atoms with Gasteiger partial charge in [-0.25, -0.2) is 0 Å². The van der Waals surface area contributed by atoms with Crippen LogP contribution >= 0.6 is 0 Å². The molecule has 5 nitrogen and oxygen atoms in total. The lowest BCUT2D eigenvalue weighted by atomic mass is 10.00. The number of carbonyl (C=O) groups excluding carboxylic acids is 1. The van der Waals surface area contributed by atoms with Gasteiger partial charge in [0.1, 0.15) is 6.54 Å². The van der Waals surface area contributed by atoms with Gasteiger partial charge in [0.05, 0.1) is 12.2 Å². The Morgan fingerprint density at radius 3 is 2.57 bits per heavy atom. The van der Waals surface area contributed by atoms with Crippen LogP contribution in [0.15, 0.2) is 24.3 Å². The van der Waals surface area contributed by atoms with Gasteiger partial charge in [0, 0.05) is 11.6 Å². The van der Waals surface area contributed by atoms with Gasteiger partial charge in [-0.05, 0) is 38.0 Å². The van der Waals surface area contributed by atoms with Crippen molar-refractivity contribution < 1.29 is 22.5 Å². The Morgan fingerprint density at radius 1 is 1.17 bits per heavy atom. The van der Waals surface area contributed by atoms with E-state index in [1.807, 2.05) is 12.1 Å². The molecule has 23 heavy (non-hydrogen) atoms. The standard InChI is InChI=1S/C17H20N4O.ClH/c1-10-6-11(2)13(12(3)7-10)8-18-15-5-4-14-17(21-15)19-9-16(22)20-14;/h4-7H,8-9H2,1-3H3,(H,20,22)(H2,18,19,21);1H. The monoisotopic (exact) mass is 332 g/mol. The topological polar surface area (TPSA) is 70.6 Å². The number of fused-ring (bicyclic) bond motifs is 1. The molecule has 0 spiro atoms. The lowest BCUT2D eigenvalue weighted by Gasteiger charge is -2.17. The third-order valence-corrected chi connectivity index (χ3v) is 3.96. The SMILES string of the molecule is Cc1cc(C)c(C[NH2+]c2ccc3c(n2)NCC(=O)N3)c(C)c1.[Cl-]. The fourth-order valence-corrected chi connectivity index (χ4v) is 2.92.